The van der Waals surface area contributed by atoms with Crippen LogP contribution in [-0.2, 0) is 0 Å². The molecule has 0 aromatic heterocycles. The summed E-state index contributed by atoms with van der Waals surface area (Å²) in [5.41, 5.74) is 0.534. The Kier molecular flexibility index (Phi) is 27.6. The second kappa shape index (κ2) is 27.6. The molecule has 0 N–H and O–H groups in total. The Morgan fingerprint density at radius 2 is 0.441 bits per heavy atom. The van der Waals surface area contributed by atoms with Crippen LogP contribution in [0.4, 0.5) is 0 Å². The zero-order valence-electron chi connectivity index (χ0n) is 25.0. The Morgan fingerprint density at radius 3 is 0.618 bits per heavy atom. The molecule has 0 unspecified atom stereocenters. The molecule has 0 heteroatoms. The summed E-state index contributed by atoms with van der Waals surface area (Å²) >= 11 is 0. The number of hydrogen-bond donors (Lipinski definition) is 0. The maximum atomic E-state index is 2.37. The summed E-state index contributed by atoms with van der Waals surface area (Å²) in [4.78, 5) is 0. The molecule has 34 heavy (non-hydrogen) atoms. The van der Waals surface area contributed by atoms with Crippen LogP contribution < -0.4 is 0 Å². The van der Waals surface area contributed by atoms with Crippen LogP contribution in [0.2, 0.25) is 0 Å². The molecule has 0 aliphatic rings. The molecule has 0 heterocycles. The molecule has 0 amide bonds. The van der Waals surface area contributed by atoms with Crippen molar-refractivity contribution in [3.63, 3.8) is 0 Å². The van der Waals surface area contributed by atoms with Gasteiger partial charge in [0.2, 0.25) is 0 Å². The highest BCUT2D eigenvalue weighted by atomic mass is 14.1. The Morgan fingerprint density at radius 1 is 0.265 bits per heavy atom. The van der Waals surface area contributed by atoms with Crippen LogP contribution in [0.3, 0.4) is 0 Å². The van der Waals surface area contributed by atoms with E-state index in [1.165, 1.54) is 186 Å². The van der Waals surface area contributed by atoms with Crippen molar-refractivity contribution in [1.29, 1.82) is 0 Å². The van der Waals surface area contributed by atoms with E-state index in [1.54, 1.807) is 0 Å². The summed E-state index contributed by atoms with van der Waals surface area (Å²) in [7, 11) is 0. The molecule has 206 valence electrons. The third kappa shape index (κ3) is 32.0. The highest BCUT2D eigenvalue weighted by molar-refractivity contribution is 4.61. The van der Waals surface area contributed by atoms with Crippen LogP contribution >= 0.6 is 0 Å². The fraction of sp³-hybridized carbons (Fsp3) is 1.00. The molecule has 0 aromatic rings. The molecule has 0 aromatic carbocycles. The van der Waals surface area contributed by atoms with Gasteiger partial charge in [-0.1, -0.05) is 207 Å². The van der Waals surface area contributed by atoms with Crippen molar-refractivity contribution in [3.8, 4) is 0 Å². The first-order valence-electron chi connectivity index (χ1n) is 16.6. The molecule has 0 aliphatic heterocycles. The van der Waals surface area contributed by atoms with E-state index in [0.717, 1.165) is 0 Å². The van der Waals surface area contributed by atoms with Gasteiger partial charge in [0.05, 0.1) is 0 Å². The lowest BCUT2D eigenvalue weighted by atomic mass is 9.89. The van der Waals surface area contributed by atoms with Crippen molar-refractivity contribution >= 4 is 0 Å². The molecule has 0 spiro atoms. The summed E-state index contributed by atoms with van der Waals surface area (Å²) in [6.45, 7) is 9.41. The predicted octanol–water partition coefficient (Wildman–Crippen LogP) is 13.4. The SMILES string of the molecule is CCCCCCCCCCCCCCCCCCCCCCCCCCCCCCC(C)(C)C. The molecular formula is C34H70. The van der Waals surface area contributed by atoms with Gasteiger partial charge in [0.1, 0.15) is 0 Å². The summed E-state index contributed by atoms with van der Waals surface area (Å²) in [5, 5.41) is 0. The van der Waals surface area contributed by atoms with E-state index in [2.05, 4.69) is 27.7 Å². The fourth-order valence-corrected chi connectivity index (χ4v) is 5.32. The van der Waals surface area contributed by atoms with Gasteiger partial charge in [-0.05, 0) is 11.8 Å². The van der Waals surface area contributed by atoms with Crippen molar-refractivity contribution in [3.05, 3.63) is 0 Å². The minimum Gasteiger partial charge on any atom is -0.0654 e. The minimum atomic E-state index is 0.534. The Bertz CT molecular complexity index is 350. The van der Waals surface area contributed by atoms with Crippen LogP contribution in [0, 0.1) is 5.41 Å². The number of hydrogen-bond acceptors (Lipinski definition) is 0. The first-order chi connectivity index (χ1) is 16.6. The van der Waals surface area contributed by atoms with Crippen molar-refractivity contribution in [1.82, 2.24) is 0 Å². The van der Waals surface area contributed by atoms with Crippen molar-refractivity contribution in [2.24, 2.45) is 5.41 Å². The second-order valence-electron chi connectivity index (χ2n) is 12.9. The molecule has 0 atom stereocenters. The molecular weight excluding hydrogens is 408 g/mol. The summed E-state index contributed by atoms with van der Waals surface area (Å²) < 4.78 is 0. The standard InChI is InChI=1S/C34H70/c1-5-6-7-8-9-10-11-12-13-14-15-16-17-18-19-20-21-22-23-24-25-26-27-28-29-30-31-32-33-34(2,3)4/h5-33H2,1-4H3. The van der Waals surface area contributed by atoms with Gasteiger partial charge in [0, 0.05) is 0 Å². The van der Waals surface area contributed by atoms with Crippen molar-refractivity contribution in [2.75, 3.05) is 0 Å². The summed E-state index contributed by atoms with van der Waals surface area (Å²) in [6.07, 6.45) is 42.8. The third-order valence-corrected chi connectivity index (χ3v) is 7.78. The maximum Gasteiger partial charge on any atom is -0.0383 e. The first kappa shape index (κ1) is 34.0. The summed E-state index contributed by atoms with van der Waals surface area (Å²) in [6, 6.07) is 0. The van der Waals surface area contributed by atoms with Crippen molar-refractivity contribution in [2.45, 2.75) is 214 Å². The monoisotopic (exact) mass is 479 g/mol. The van der Waals surface area contributed by atoms with E-state index in [1.807, 2.05) is 0 Å². The average molecular weight is 479 g/mol. The molecule has 0 bridgehead atoms. The van der Waals surface area contributed by atoms with Gasteiger partial charge in [-0.3, -0.25) is 0 Å². The Hall–Kier alpha value is 0. The Balaban J connectivity index is 3.03. The Labute approximate surface area is 219 Å². The van der Waals surface area contributed by atoms with Crippen LogP contribution in [0.25, 0.3) is 0 Å². The topological polar surface area (TPSA) is 0 Å². The molecule has 0 nitrogen and oxygen atoms in total. The van der Waals surface area contributed by atoms with Gasteiger partial charge in [0.25, 0.3) is 0 Å². The molecule has 0 radical (unpaired) electrons. The lowest BCUT2D eigenvalue weighted by Crippen LogP contribution is -2.03. The van der Waals surface area contributed by atoms with E-state index in [0.29, 0.717) is 5.41 Å². The number of unbranched alkanes of at least 4 members (excludes halogenated alkanes) is 27. The van der Waals surface area contributed by atoms with Crippen LogP contribution in [-0.4, -0.2) is 0 Å². The second-order valence-corrected chi connectivity index (χ2v) is 12.9. The predicted molar refractivity (Wildman–Crippen MR) is 159 cm³/mol. The number of rotatable bonds is 28. The zero-order valence-corrected chi connectivity index (χ0v) is 25.0. The molecule has 0 fully saturated rings. The normalized spacial score (nSPS) is 12.0. The van der Waals surface area contributed by atoms with Crippen LogP contribution in [0.5, 0.6) is 0 Å². The lowest BCUT2D eigenvalue weighted by Gasteiger charge is -2.17. The van der Waals surface area contributed by atoms with Gasteiger partial charge < -0.3 is 0 Å². The maximum absolute atomic E-state index is 2.37. The quantitative estimate of drug-likeness (QED) is 0.0980. The highest BCUT2D eigenvalue weighted by Crippen LogP contribution is 2.23. The van der Waals surface area contributed by atoms with E-state index < -0.39 is 0 Å². The largest absolute Gasteiger partial charge is 0.0654 e. The van der Waals surface area contributed by atoms with Crippen LogP contribution in [0.1, 0.15) is 214 Å². The van der Waals surface area contributed by atoms with E-state index in [9.17, 15) is 0 Å². The van der Waals surface area contributed by atoms with Gasteiger partial charge in [-0.15, -0.1) is 0 Å². The summed E-state index contributed by atoms with van der Waals surface area (Å²) in [5.74, 6) is 0. The van der Waals surface area contributed by atoms with Gasteiger partial charge in [-0.2, -0.15) is 0 Å². The van der Waals surface area contributed by atoms with Gasteiger partial charge in [-0.25, -0.2) is 0 Å². The smallest absolute Gasteiger partial charge is 0.0383 e. The fourth-order valence-electron chi connectivity index (χ4n) is 5.32. The first-order valence-corrected chi connectivity index (χ1v) is 16.6. The zero-order chi connectivity index (χ0) is 25.0. The molecule has 0 rings (SSSR count). The van der Waals surface area contributed by atoms with Crippen molar-refractivity contribution < 1.29 is 0 Å². The lowest BCUT2D eigenvalue weighted by molar-refractivity contribution is 0.356. The van der Waals surface area contributed by atoms with E-state index >= 15 is 0 Å². The third-order valence-electron chi connectivity index (χ3n) is 7.78. The van der Waals surface area contributed by atoms with Gasteiger partial charge >= 0.3 is 0 Å². The van der Waals surface area contributed by atoms with E-state index in [-0.39, 0.29) is 0 Å². The average Bonchev–Trinajstić information content (AvgIpc) is 2.80. The highest BCUT2D eigenvalue weighted by Gasteiger charge is 2.08. The molecule has 0 saturated carbocycles. The minimum absolute atomic E-state index is 0.534. The molecule has 0 saturated heterocycles. The van der Waals surface area contributed by atoms with Crippen LogP contribution in [0.15, 0.2) is 0 Å². The van der Waals surface area contributed by atoms with Gasteiger partial charge in [0.15, 0.2) is 0 Å². The van der Waals surface area contributed by atoms with E-state index in [4.69, 9.17) is 0 Å². The molecule has 0 aliphatic carbocycles.